The zero-order valence-corrected chi connectivity index (χ0v) is 13.3. The Morgan fingerprint density at radius 2 is 2.00 bits per heavy atom. The van der Waals surface area contributed by atoms with E-state index in [1.807, 2.05) is 0 Å². The van der Waals surface area contributed by atoms with Crippen LogP contribution >= 0.6 is 0 Å². The predicted octanol–water partition coefficient (Wildman–Crippen LogP) is 2.40. The van der Waals surface area contributed by atoms with Gasteiger partial charge in [-0.05, 0) is 38.1 Å². The second-order valence-corrected chi connectivity index (χ2v) is 5.98. The summed E-state index contributed by atoms with van der Waals surface area (Å²) in [6.07, 6.45) is -3.25. The fourth-order valence-corrected chi connectivity index (χ4v) is 2.08. The number of amides is 2. The highest BCUT2D eigenvalue weighted by molar-refractivity contribution is 5.97. The fraction of sp³-hybridized carbons (Fsp3) is 0.500. The largest absolute Gasteiger partial charge is 0.390 e. The summed E-state index contributed by atoms with van der Waals surface area (Å²) in [6, 6.07) is 6.69. The van der Waals surface area contributed by atoms with E-state index in [9.17, 15) is 22.8 Å². The van der Waals surface area contributed by atoms with E-state index >= 15 is 0 Å². The lowest BCUT2D eigenvalue weighted by molar-refractivity contribution is -0.138. The van der Waals surface area contributed by atoms with Crippen LogP contribution in [0.5, 0.6) is 0 Å². The number of nitrogens with one attached hydrogen (secondary N) is 2. The maximum atomic E-state index is 12.2. The van der Waals surface area contributed by atoms with Gasteiger partial charge in [0.1, 0.15) is 0 Å². The molecule has 1 aliphatic rings. The lowest BCUT2D eigenvalue weighted by Gasteiger charge is -2.17. The molecule has 0 heterocycles. The zero-order valence-electron chi connectivity index (χ0n) is 13.3. The van der Waals surface area contributed by atoms with Crippen LogP contribution in [-0.4, -0.2) is 49.1 Å². The number of benzene rings is 1. The molecule has 0 bridgehead atoms. The van der Waals surface area contributed by atoms with Crippen LogP contribution in [0.25, 0.3) is 0 Å². The Labute approximate surface area is 138 Å². The number of rotatable bonds is 7. The van der Waals surface area contributed by atoms with Gasteiger partial charge in [0.25, 0.3) is 5.91 Å². The quantitative estimate of drug-likeness (QED) is 0.799. The minimum Gasteiger partial charge on any atom is -0.349 e. The SMILES string of the molecule is CN(CCC(F)(F)F)CC(=O)Nc1cccc(C(=O)NC2CC2)c1. The molecule has 2 rings (SSSR count). The number of anilines is 1. The van der Waals surface area contributed by atoms with E-state index in [0.717, 1.165) is 12.8 Å². The van der Waals surface area contributed by atoms with E-state index in [1.165, 1.54) is 11.9 Å². The molecule has 0 saturated heterocycles. The molecule has 1 fully saturated rings. The number of likely N-dealkylation sites (N-methyl/N-ethyl adjacent to an activating group) is 1. The van der Waals surface area contributed by atoms with Gasteiger partial charge in [0.15, 0.2) is 0 Å². The van der Waals surface area contributed by atoms with Crippen LogP contribution in [0.2, 0.25) is 0 Å². The number of hydrogen-bond donors (Lipinski definition) is 2. The van der Waals surface area contributed by atoms with Crippen LogP contribution in [-0.2, 0) is 4.79 Å². The van der Waals surface area contributed by atoms with Gasteiger partial charge in [-0.15, -0.1) is 0 Å². The summed E-state index contributed by atoms with van der Waals surface area (Å²) in [4.78, 5) is 25.1. The van der Waals surface area contributed by atoms with Crippen LogP contribution in [0.4, 0.5) is 18.9 Å². The molecule has 0 spiro atoms. The van der Waals surface area contributed by atoms with Crippen molar-refractivity contribution in [1.82, 2.24) is 10.2 Å². The predicted molar refractivity (Wildman–Crippen MR) is 83.7 cm³/mol. The summed E-state index contributed by atoms with van der Waals surface area (Å²) in [5.41, 5.74) is 0.873. The average molecular weight is 343 g/mol. The third-order valence-electron chi connectivity index (χ3n) is 3.51. The fourth-order valence-electron chi connectivity index (χ4n) is 2.08. The van der Waals surface area contributed by atoms with Crippen LogP contribution in [0.15, 0.2) is 24.3 Å². The van der Waals surface area contributed by atoms with Crippen molar-refractivity contribution in [2.75, 3.05) is 25.5 Å². The van der Waals surface area contributed by atoms with Crippen LogP contribution in [0.1, 0.15) is 29.6 Å². The molecule has 0 aliphatic heterocycles. The van der Waals surface area contributed by atoms with E-state index in [0.29, 0.717) is 11.3 Å². The smallest absolute Gasteiger partial charge is 0.349 e. The summed E-state index contributed by atoms with van der Waals surface area (Å²) in [5, 5.41) is 5.44. The van der Waals surface area contributed by atoms with E-state index in [4.69, 9.17) is 0 Å². The Balaban J connectivity index is 1.83. The molecule has 0 unspecified atom stereocenters. The van der Waals surface area contributed by atoms with Crippen LogP contribution in [0.3, 0.4) is 0 Å². The molecule has 1 aliphatic carbocycles. The third-order valence-corrected chi connectivity index (χ3v) is 3.51. The van der Waals surface area contributed by atoms with E-state index in [2.05, 4.69) is 10.6 Å². The first-order valence-electron chi connectivity index (χ1n) is 7.69. The number of alkyl halides is 3. The summed E-state index contributed by atoms with van der Waals surface area (Å²) >= 11 is 0. The standard InChI is InChI=1S/C16H20F3N3O2/c1-22(8-7-16(17,18)19)10-14(23)20-13-4-2-3-11(9-13)15(24)21-12-5-6-12/h2-4,9,12H,5-8,10H2,1H3,(H,20,23)(H,21,24). The number of halogens is 3. The van der Waals surface area contributed by atoms with Crippen molar-refractivity contribution in [1.29, 1.82) is 0 Å². The summed E-state index contributed by atoms with van der Waals surface area (Å²) in [5.74, 6) is -0.629. The topological polar surface area (TPSA) is 61.4 Å². The monoisotopic (exact) mass is 343 g/mol. The molecule has 2 amide bonds. The molecule has 1 saturated carbocycles. The highest BCUT2D eigenvalue weighted by atomic mass is 19.4. The van der Waals surface area contributed by atoms with Crippen LogP contribution in [0, 0.1) is 0 Å². The molecule has 0 aromatic heterocycles. The third kappa shape index (κ3) is 6.57. The Bertz CT molecular complexity index is 600. The van der Waals surface area contributed by atoms with Gasteiger partial charge in [-0.25, -0.2) is 0 Å². The second-order valence-electron chi connectivity index (χ2n) is 5.98. The average Bonchev–Trinajstić information content (AvgIpc) is 3.28. The molecule has 0 radical (unpaired) electrons. The van der Waals surface area contributed by atoms with Gasteiger partial charge in [0.05, 0.1) is 13.0 Å². The van der Waals surface area contributed by atoms with Gasteiger partial charge in [0, 0.05) is 23.8 Å². The summed E-state index contributed by atoms with van der Waals surface area (Å²) in [6.45, 7) is -0.407. The second kappa shape index (κ2) is 7.65. The van der Waals surface area contributed by atoms with Crippen molar-refractivity contribution in [3.8, 4) is 0 Å². The van der Waals surface area contributed by atoms with Gasteiger partial charge in [-0.3, -0.25) is 14.5 Å². The molecule has 24 heavy (non-hydrogen) atoms. The van der Waals surface area contributed by atoms with Gasteiger partial charge in [-0.1, -0.05) is 6.07 Å². The van der Waals surface area contributed by atoms with Crippen molar-refractivity contribution >= 4 is 17.5 Å². The minimum atomic E-state index is -4.24. The minimum absolute atomic E-state index is 0.158. The van der Waals surface area contributed by atoms with E-state index in [-0.39, 0.29) is 25.0 Å². The maximum absolute atomic E-state index is 12.2. The van der Waals surface area contributed by atoms with Crippen molar-refractivity contribution in [2.45, 2.75) is 31.5 Å². The van der Waals surface area contributed by atoms with Crippen molar-refractivity contribution in [3.63, 3.8) is 0 Å². The van der Waals surface area contributed by atoms with Gasteiger partial charge in [0.2, 0.25) is 5.91 Å². The van der Waals surface area contributed by atoms with E-state index < -0.39 is 18.5 Å². The highest BCUT2D eigenvalue weighted by Crippen LogP contribution is 2.20. The lowest BCUT2D eigenvalue weighted by Crippen LogP contribution is -2.32. The molecule has 5 nitrogen and oxygen atoms in total. The summed E-state index contributed by atoms with van der Waals surface area (Å²) in [7, 11) is 1.45. The van der Waals surface area contributed by atoms with Gasteiger partial charge < -0.3 is 10.6 Å². The van der Waals surface area contributed by atoms with E-state index in [1.54, 1.807) is 24.3 Å². The first-order chi connectivity index (χ1) is 11.2. The number of carbonyl (C=O) groups is 2. The molecule has 0 atom stereocenters. The van der Waals surface area contributed by atoms with Gasteiger partial charge in [-0.2, -0.15) is 13.2 Å². The Hall–Kier alpha value is -2.09. The summed E-state index contributed by atoms with van der Waals surface area (Å²) < 4.78 is 36.5. The Morgan fingerprint density at radius 3 is 2.62 bits per heavy atom. The van der Waals surface area contributed by atoms with Crippen molar-refractivity contribution < 1.29 is 22.8 Å². The number of carbonyl (C=O) groups excluding carboxylic acids is 2. The van der Waals surface area contributed by atoms with Crippen LogP contribution < -0.4 is 10.6 Å². The molecule has 1 aromatic rings. The normalized spacial score (nSPS) is 14.5. The Kier molecular flexibility index (Phi) is 5.82. The molecular weight excluding hydrogens is 323 g/mol. The Morgan fingerprint density at radius 1 is 1.29 bits per heavy atom. The molecular formula is C16H20F3N3O2. The zero-order chi connectivity index (χ0) is 17.7. The molecule has 2 N–H and O–H groups in total. The molecule has 132 valence electrons. The molecule has 8 heteroatoms. The molecule has 1 aromatic carbocycles. The first kappa shape index (κ1) is 18.3. The van der Waals surface area contributed by atoms with Gasteiger partial charge >= 0.3 is 6.18 Å². The highest BCUT2D eigenvalue weighted by Gasteiger charge is 2.27. The lowest BCUT2D eigenvalue weighted by atomic mass is 10.2. The van der Waals surface area contributed by atoms with Crippen molar-refractivity contribution in [3.05, 3.63) is 29.8 Å². The first-order valence-corrected chi connectivity index (χ1v) is 7.69. The maximum Gasteiger partial charge on any atom is 0.390 e. The number of hydrogen-bond acceptors (Lipinski definition) is 3. The number of nitrogens with zero attached hydrogens (tertiary/aromatic N) is 1. The van der Waals surface area contributed by atoms with Crippen molar-refractivity contribution in [2.24, 2.45) is 0 Å².